The molecule has 1 unspecified atom stereocenters. The van der Waals surface area contributed by atoms with Gasteiger partial charge in [-0.1, -0.05) is 12.2 Å². The molecule has 0 spiro atoms. The summed E-state index contributed by atoms with van der Waals surface area (Å²) in [7, 11) is 1.34. The number of pyridine rings is 1. The maximum atomic E-state index is 13.2. The maximum Gasteiger partial charge on any atom is 0.386 e. The highest BCUT2D eigenvalue weighted by atomic mass is 32.7. The molecule has 5 heterocycles. The van der Waals surface area contributed by atoms with Crippen LogP contribution in [0.25, 0.3) is 11.2 Å². The van der Waals surface area contributed by atoms with Gasteiger partial charge in [0.05, 0.1) is 44.6 Å². The van der Waals surface area contributed by atoms with Crippen LogP contribution in [0.5, 0.6) is 5.75 Å². The van der Waals surface area contributed by atoms with E-state index in [1.54, 1.807) is 11.5 Å². The van der Waals surface area contributed by atoms with Crippen molar-refractivity contribution in [1.82, 2.24) is 34.1 Å². The smallest absolute Gasteiger partial charge is 0.386 e. The SMILES string of the molecule is COC[C@@H](OP(=O)(S)OC[C@H]1O[C@@H](n2cnc3c(/N=C\c4c(CO)cnc(C)c4O)ncnc32)C[C@H]1O)[C@@H](CO)OCn1ccc(=O)[nH]c1=O. The number of hydrogen-bond donors (Lipinski definition) is 6. The van der Waals surface area contributed by atoms with Crippen LogP contribution < -0.4 is 11.2 Å². The minimum absolute atomic E-state index is 0.0840. The van der Waals surface area contributed by atoms with E-state index >= 15 is 0 Å². The second kappa shape index (κ2) is 16.4. The first-order valence-electron chi connectivity index (χ1n) is 14.9. The van der Waals surface area contributed by atoms with Crippen LogP contribution in [-0.2, 0) is 41.2 Å². The van der Waals surface area contributed by atoms with Gasteiger partial charge in [0.1, 0.15) is 43.3 Å². The van der Waals surface area contributed by atoms with Crippen molar-refractivity contribution in [2.24, 2.45) is 4.99 Å². The molecular formula is C28H35N8O12PS. The summed E-state index contributed by atoms with van der Waals surface area (Å²) in [6.45, 7) is -4.57. The number of methoxy groups -OCH3 is 1. The molecule has 1 fully saturated rings. The van der Waals surface area contributed by atoms with Gasteiger partial charge in [-0.05, 0) is 6.92 Å². The first kappa shape index (κ1) is 37.4. The van der Waals surface area contributed by atoms with Crippen molar-refractivity contribution in [3.05, 3.63) is 68.8 Å². The average molecular weight is 739 g/mol. The molecule has 5 rings (SSSR count). The van der Waals surface area contributed by atoms with E-state index in [0.717, 1.165) is 10.6 Å². The second-order valence-corrected chi connectivity index (χ2v) is 13.8. The van der Waals surface area contributed by atoms with E-state index in [4.69, 9.17) is 23.3 Å². The Kier molecular flexibility index (Phi) is 12.3. The minimum Gasteiger partial charge on any atom is -0.505 e. The fraction of sp³-hybridized carbons (Fsp3) is 0.464. The zero-order valence-corrected chi connectivity index (χ0v) is 28.5. The molecule has 50 heavy (non-hydrogen) atoms. The Morgan fingerprint density at radius 1 is 1.24 bits per heavy atom. The summed E-state index contributed by atoms with van der Waals surface area (Å²) >= 11 is 4.04. The third-order valence-electron chi connectivity index (χ3n) is 7.62. The van der Waals surface area contributed by atoms with Crippen molar-refractivity contribution >= 4 is 42.2 Å². The molecule has 0 saturated carbocycles. The van der Waals surface area contributed by atoms with Crippen molar-refractivity contribution in [1.29, 1.82) is 0 Å². The van der Waals surface area contributed by atoms with E-state index in [1.807, 2.05) is 0 Å². The molecule has 0 radical (unpaired) electrons. The molecule has 4 aromatic rings. The summed E-state index contributed by atoms with van der Waals surface area (Å²) in [6.07, 6.45) is 1.61. The Bertz CT molecular complexity index is 1990. The Hall–Kier alpha value is -3.89. The predicted octanol–water partition coefficient (Wildman–Crippen LogP) is 0.0979. The Morgan fingerprint density at radius 2 is 2.04 bits per heavy atom. The summed E-state index contributed by atoms with van der Waals surface area (Å²) in [5, 5.41) is 40.8. The van der Waals surface area contributed by atoms with E-state index in [2.05, 4.69) is 42.2 Å². The van der Waals surface area contributed by atoms with Gasteiger partial charge in [-0.25, -0.2) is 29.3 Å². The van der Waals surface area contributed by atoms with Gasteiger partial charge < -0.3 is 34.6 Å². The van der Waals surface area contributed by atoms with Gasteiger partial charge in [0.15, 0.2) is 17.0 Å². The first-order valence-corrected chi connectivity index (χ1v) is 17.6. The quantitative estimate of drug-likeness (QED) is 0.0505. The van der Waals surface area contributed by atoms with Crippen LogP contribution >= 0.6 is 19.0 Å². The molecule has 4 aromatic heterocycles. The van der Waals surface area contributed by atoms with Gasteiger partial charge in [0.25, 0.3) is 5.56 Å². The fourth-order valence-electron chi connectivity index (χ4n) is 4.97. The van der Waals surface area contributed by atoms with Crippen LogP contribution in [0.4, 0.5) is 5.82 Å². The topological polar surface area (TPSA) is 268 Å². The van der Waals surface area contributed by atoms with Gasteiger partial charge in [-0.3, -0.25) is 32.9 Å². The number of rotatable bonds is 16. The highest BCUT2D eigenvalue weighted by Crippen LogP contribution is 2.55. The number of imidazole rings is 1. The molecule has 270 valence electrons. The van der Waals surface area contributed by atoms with Crippen LogP contribution in [0.15, 0.2) is 45.7 Å². The third-order valence-corrected chi connectivity index (χ3v) is 9.26. The fourth-order valence-corrected chi connectivity index (χ4v) is 6.47. The second-order valence-electron chi connectivity index (χ2n) is 11.0. The standard InChI is InChI=1S/C28H35N8O12PS/c1-15-25(41)17(16(8-37)6-29-15)7-30-26-24-27(32-12-31-26)36(13-33-24)23-5-18(39)20(47-23)11-46-49(43,50)48-21(10-44-2)19(9-38)45-14-35-4-3-22(40)34-28(35)42/h3-4,6-7,12-13,18-21,23,37-39,41H,5,8-11,14H2,1-2H3,(H,43,50)(H,34,40,42)/b30-7-/t18-,19-,20-,21-,23-,49?/m1/s1. The van der Waals surface area contributed by atoms with E-state index in [0.29, 0.717) is 22.4 Å². The molecule has 1 aliphatic heterocycles. The lowest BCUT2D eigenvalue weighted by molar-refractivity contribution is -0.100. The van der Waals surface area contributed by atoms with E-state index in [1.165, 1.54) is 38.4 Å². The minimum atomic E-state index is -4.18. The van der Waals surface area contributed by atoms with Crippen LogP contribution in [0, 0.1) is 6.92 Å². The molecule has 1 aliphatic rings. The largest absolute Gasteiger partial charge is 0.505 e. The number of fused-ring (bicyclic) bond motifs is 1. The lowest BCUT2D eigenvalue weighted by atomic mass is 10.1. The van der Waals surface area contributed by atoms with E-state index < -0.39 is 61.9 Å². The number of H-pyrrole nitrogens is 1. The molecule has 0 aromatic carbocycles. The van der Waals surface area contributed by atoms with Crippen molar-refractivity contribution in [3.8, 4) is 5.75 Å². The lowest BCUT2D eigenvalue weighted by Crippen LogP contribution is -2.39. The summed E-state index contributed by atoms with van der Waals surface area (Å²) in [5.74, 6) is 0.0323. The van der Waals surface area contributed by atoms with E-state index in [-0.39, 0.29) is 43.5 Å². The summed E-state index contributed by atoms with van der Waals surface area (Å²) in [5.41, 5.74) is 0.276. The van der Waals surface area contributed by atoms with Gasteiger partial charge in [-0.15, -0.1) is 0 Å². The Morgan fingerprint density at radius 3 is 2.76 bits per heavy atom. The highest BCUT2D eigenvalue weighted by molar-refractivity contribution is 8.44. The van der Waals surface area contributed by atoms with Crippen molar-refractivity contribution in [2.75, 3.05) is 26.9 Å². The van der Waals surface area contributed by atoms with Gasteiger partial charge in [0, 0.05) is 49.3 Å². The number of nitrogens with one attached hydrogen (secondary N) is 1. The summed E-state index contributed by atoms with van der Waals surface area (Å²) in [4.78, 5) is 46.6. The number of aromatic amines is 1. The molecule has 1 saturated heterocycles. The normalized spacial score (nSPS) is 20.4. The van der Waals surface area contributed by atoms with Crippen LogP contribution in [-0.4, -0.2) is 112 Å². The number of thiol groups is 1. The number of aryl methyl sites for hydroxylation is 1. The third kappa shape index (κ3) is 8.69. The number of aliphatic imine (C=N–C) groups is 1. The number of aliphatic hydroxyl groups is 3. The average Bonchev–Trinajstić information content (AvgIpc) is 3.69. The highest BCUT2D eigenvalue weighted by Gasteiger charge is 2.39. The van der Waals surface area contributed by atoms with Crippen LogP contribution in [0.1, 0.15) is 29.5 Å². The predicted molar refractivity (Wildman–Crippen MR) is 176 cm³/mol. The van der Waals surface area contributed by atoms with Crippen LogP contribution in [0.3, 0.4) is 0 Å². The first-order chi connectivity index (χ1) is 23.9. The Balaban J connectivity index is 1.23. The zero-order valence-electron chi connectivity index (χ0n) is 26.7. The number of aliphatic hydroxyl groups excluding tert-OH is 3. The van der Waals surface area contributed by atoms with Crippen molar-refractivity contribution in [3.63, 3.8) is 0 Å². The van der Waals surface area contributed by atoms with Crippen molar-refractivity contribution in [2.45, 2.75) is 57.3 Å². The number of hydrogen-bond acceptors (Lipinski definition) is 17. The number of nitrogens with zero attached hydrogens (tertiary/aromatic N) is 7. The van der Waals surface area contributed by atoms with Gasteiger partial charge in [0.2, 0.25) is 0 Å². The number of ether oxygens (including phenoxy) is 3. The molecule has 0 bridgehead atoms. The molecule has 20 nitrogen and oxygen atoms in total. The molecule has 0 amide bonds. The van der Waals surface area contributed by atoms with Crippen molar-refractivity contribution < 1.29 is 48.2 Å². The maximum absolute atomic E-state index is 13.2. The van der Waals surface area contributed by atoms with Gasteiger partial charge >= 0.3 is 12.5 Å². The molecule has 6 atom stereocenters. The Labute approximate surface area is 288 Å². The molecule has 22 heteroatoms. The monoisotopic (exact) mass is 738 g/mol. The molecule has 0 aliphatic carbocycles. The molecule has 5 N–H and O–H groups in total. The number of aromatic nitrogens is 7. The number of aromatic hydroxyl groups is 1. The molecular weight excluding hydrogens is 703 g/mol. The summed E-state index contributed by atoms with van der Waals surface area (Å²) in [6, 6.07) is 1.12. The van der Waals surface area contributed by atoms with E-state index in [9.17, 15) is 34.6 Å². The van der Waals surface area contributed by atoms with Gasteiger partial charge in [-0.2, -0.15) is 0 Å². The zero-order chi connectivity index (χ0) is 36.0. The lowest BCUT2D eigenvalue weighted by Gasteiger charge is -2.28. The van der Waals surface area contributed by atoms with Crippen LogP contribution in [0.2, 0.25) is 0 Å². The summed E-state index contributed by atoms with van der Waals surface area (Å²) < 4.78 is 43.5.